The molecule has 1 aromatic rings. The van der Waals surface area contributed by atoms with Crippen molar-refractivity contribution in [3.63, 3.8) is 0 Å². The summed E-state index contributed by atoms with van der Waals surface area (Å²) in [5, 5.41) is 11.6. The van der Waals surface area contributed by atoms with Crippen molar-refractivity contribution < 1.29 is 23.1 Å². The van der Waals surface area contributed by atoms with E-state index < -0.39 is 33.5 Å². The minimum atomic E-state index is -3.69. The Morgan fingerprint density at radius 1 is 1.12 bits per heavy atom. The molecule has 0 aromatic heterocycles. The maximum Gasteiger partial charge on any atom is 0.326 e. The van der Waals surface area contributed by atoms with Gasteiger partial charge in [-0.3, -0.25) is 4.79 Å². The van der Waals surface area contributed by atoms with Gasteiger partial charge in [-0.25, -0.2) is 17.9 Å². The van der Waals surface area contributed by atoms with Gasteiger partial charge in [0, 0.05) is 11.1 Å². The zero-order chi connectivity index (χ0) is 19.4. The van der Waals surface area contributed by atoms with Gasteiger partial charge in [0.25, 0.3) is 5.91 Å². The number of carbonyl (C=O) groups excluding carboxylic acids is 1. The summed E-state index contributed by atoms with van der Waals surface area (Å²) in [6.45, 7) is 8.92. The Bertz CT molecular complexity index is 718. The zero-order valence-electron chi connectivity index (χ0n) is 15.2. The Balaban J connectivity index is 2.92. The second-order valence-corrected chi connectivity index (χ2v) is 9.06. The Kier molecular flexibility index (Phi) is 6.73. The summed E-state index contributed by atoms with van der Waals surface area (Å²) in [6.07, 6.45) is 0.309. The van der Waals surface area contributed by atoms with Crippen molar-refractivity contribution in [1.82, 2.24) is 10.0 Å². The van der Waals surface area contributed by atoms with E-state index in [1.54, 1.807) is 20.8 Å². The molecule has 0 heterocycles. The van der Waals surface area contributed by atoms with E-state index in [-0.39, 0.29) is 16.4 Å². The molecule has 8 heteroatoms. The summed E-state index contributed by atoms with van der Waals surface area (Å²) >= 11 is 0. The third kappa shape index (κ3) is 6.83. The molecule has 0 saturated heterocycles. The minimum absolute atomic E-state index is 0.0379. The van der Waals surface area contributed by atoms with Gasteiger partial charge in [-0.05, 0) is 57.4 Å². The molecule has 0 bridgehead atoms. The number of carboxylic acid groups (broad SMARTS) is 1. The minimum Gasteiger partial charge on any atom is -0.480 e. The van der Waals surface area contributed by atoms with E-state index in [9.17, 15) is 23.1 Å². The van der Waals surface area contributed by atoms with Crippen molar-refractivity contribution >= 4 is 21.9 Å². The summed E-state index contributed by atoms with van der Waals surface area (Å²) in [4.78, 5) is 23.4. The molecule has 0 saturated carbocycles. The molecule has 0 unspecified atom stereocenters. The predicted octanol–water partition coefficient (Wildman–Crippen LogP) is 1.99. The van der Waals surface area contributed by atoms with Crippen molar-refractivity contribution in [1.29, 1.82) is 0 Å². The number of hydrogen-bond donors (Lipinski definition) is 3. The summed E-state index contributed by atoms with van der Waals surface area (Å²) in [6, 6.07) is 4.38. The fourth-order valence-electron chi connectivity index (χ4n) is 2.18. The maximum absolute atomic E-state index is 12.2. The molecule has 3 N–H and O–H groups in total. The highest BCUT2D eigenvalue weighted by Gasteiger charge is 2.24. The smallest absolute Gasteiger partial charge is 0.326 e. The van der Waals surface area contributed by atoms with E-state index in [0.717, 1.165) is 0 Å². The van der Waals surface area contributed by atoms with Crippen LogP contribution in [0, 0.1) is 5.92 Å². The molecule has 140 valence electrons. The van der Waals surface area contributed by atoms with Gasteiger partial charge in [-0.1, -0.05) is 13.8 Å². The van der Waals surface area contributed by atoms with Gasteiger partial charge in [-0.15, -0.1) is 0 Å². The SMILES string of the molecule is CC(C)C[C@@H](NC(=O)c1ccc(S(=O)(=O)NC(C)(C)C)cc1)C(=O)O. The first-order chi connectivity index (χ1) is 11.3. The molecular formula is C17H26N2O5S. The number of hydrogen-bond acceptors (Lipinski definition) is 4. The highest BCUT2D eigenvalue weighted by molar-refractivity contribution is 7.89. The maximum atomic E-state index is 12.2. The van der Waals surface area contributed by atoms with Crippen molar-refractivity contribution in [3.8, 4) is 0 Å². The summed E-state index contributed by atoms with van der Waals surface area (Å²) < 4.78 is 27.0. The number of amides is 1. The highest BCUT2D eigenvalue weighted by Crippen LogP contribution is 2.14. The van der Waals surface area contributed by atoms with Crippen LogP contribution in [0.4, 0.5) is 0 Å². The molecule has 0 fully saturated rings. The zero-order valence-corrected chi connectivity index (χ0v) is 16.0. The fourth-order valence-corrected chi connectivity index (χ4v) is 3.60. The molecule has 1 amide bonds. The molecule has 0 aliphatic carbocycles. The molecule has 0 spiro atoms. The highest BCUT2D eigenvalue weighted by atomic mass is 32.2. The summed E-state index contributed by atoms with van der Waals surface area (Å²) in [5.41, 5.74) is -0.426. The third-order valence-corrected chi connectivity index (χ3v) is 4.95. The standard InChI is InChI=1S/C17H26N2O5S/c1-11(2)10-14(16(21)22)18-15(20)12-6-8-13(9-7-12)25(23,24)19-17(3,4)5/h6-9,11,14,19H,10H2,1-5H3,(H,18,20)(H,21,22)/t14-/m1/s1. The van der Waals surface area contributed by atoms with Gasteiger partial charge in [0.2, 0.25) is 10.0 Å². The lowest BCUT2D eigenvalue weighted by Crippen LogP contribution is -2.41. The van der Waals surface area contributed by atoms with E-state index >= 15 is 0 Å². The van der Waals surface area contributed by atoms with Crippen molar-refractivity contribution in [2.45, 2.75) is 57.5 Å². The molecule has 25 heavy (non-hydrogen) atoms. The number of rotatable bonds is 7. The van der Waals surface area contributed by atoms with Crippen LogP contribution in [0.15, 0.2) is 29.2 Å². The van der Waals surface area contributed by atoms with E-state index in [4.69, 9.17) is 0 Å². The van der Waals surface area contributed by atoms with Gasteiger partial charge in [-0.2, -0.15) is 0 Å². The van der Waals surface area contributed by atoms with Gasteiger partial charge < -0.3 is 10.4 Å². The topological polar surface area (TPSA) is 113 Å². The van der Waals surface area contributed by atoms with Gasteiger partial charge >= 0.3 is 5.97 Å². The molecule has 1 rings (SSSR count). The van der Waals surface area contributed by atoms with Crippen LogP contribution in [-0.4, -0.2) is 37.0 Å². The average Bonchev–Trinajstić information content (AvgIpc) is 2.43. The third-order valence-electron chi connectivity index (χ3n) is 3.18. The van der Waals surface area contributed by atoms with Crippen LogP contribution in [0.2, 0.25) is 0 Å². The second kappa shape index (κ2) is 7.97. The number of nitrogens with one attached hydrogen (secondary N) is 2. The first-order valence-corrected chi connectivity index (χ1v) is 9.48. The van der Waals surface area contributed by atoms with Crippen LogP contribution in [0.25, 0.3) is 0 Å². The average molecular weight is 370 g/mol. The van der Waals surface area contributed by atoms with Gasteiger partial charge in [0.15, 0.2) is 0 Å². The van der Waals surface area contributed by atoms with E-state index in [0.29, 0.717) is 6.42 Å². The normalized spacial score (nSPS) is 13.5. The molecule has 0 aliphatic rings. The molecule has 1 aromatic carbocycles. The summed E-state index contributed by atoms with van der Waals surface area (Å²) in [7, 11) is -3.69. The Hall–Kier alpha value is -1.93. The van der Waals surface area contributed by atoms with Crippen molar-refractivity contribution in [2.75, 3.05) is 0 Å². The van der Waals surface area contributed by atoms with E-state index in [1.165, 1.54) is 24.3 Å². The van der Waals surface area contributed by atoms with E-state index in [2.05, 4.69) is 10.0 Å². The van der Waals surface area contributed by atoms with Crippen LogP contribution in [0.1, 0.15) is 51.4 Å². The molecular weight excluding hydrogens is 344 g/mol. The number of carbonyl (C=O) groups is 2. The van der Waals surface area contributed by atoms with Crippen LogP contribution in [0.5, 0.6) is 0 Å². The van der Waals surface area contributed by atoms with Gasteiger partial charge in [0.1, 0.15) is 6.04 Å². The number of sulfonamides is 1. The van der Waals surface area contributed by atoms with Crippen LogP contribution in [0.3, 0.4) is 0 Å². The number of benzene rings is 1. The molecule has 0 radical (unpaired) electrons. The molecule has 1 atom stereocenters. The summed E-state index contributed by atoms with van der Waals surface area (Å²) in [5.74, 6) is -1.55. The van der Waals surface area contributed by atoms with Crippen molar-refractivity contribution in [2.24, 2.45) is 5.92 Å². The van der Waals surface area contributed by atoms with Crippen molar-refractivity contribution in [3.05, 3.63) is 29.8 Å². The number of aliphatic carboxylic acids is 1. The lowest BCUT2D eigenvalue weighted by atomic mass is 10.0. The lowest BCUT2D eigenvalue weighted by Gasteiger charge is -2.20. The Morgan fingerprint density at radius 2 is 1.64 bits per heavy atom. The number of carboxylic acids is 1. The Morgan fingerprint density at radius 3 is 2.04 bits per heavy atom. The van der Waals surface area contributed by atoms with E-state index in [1.807, 2.05) is 13.8 Å². The monoisotopic (exact) mass is 370 g/mol. The van der Waals surface area contributed by atoms with Crippen LogP contribution in [-0.2, 0) is 14.8 Å². The molecule has 7 nitrogen and oxygen atoms in total. The van der Waals surface area contributed by atoms with Crippen LogP contribution < -0.4 is 10.0 Å². The second-order valence-electron chi connectivity index (χ2n) is 7.37. The lowest BCUT2D eigenvalue weighted by molar-refractivity contribution is -0.139. The molecule has 0 aliphatic heterocycles. The van der Waals surface area contributed by atoms with Gasteiger partial charge in [0.05, 0.1) is 4.90 Å². The predicted molar refractivity (Wildman–Crippen MR) is 94.9 cm³/mol. The first kappa shape index (κ1) is 21.1. The first-order valence-electron chi connectivity index (χ1n) is 7.99. The Labute approximate surface area is 148 Å². The quantitative estimate of drug-likeness (QED) is 0.679. The fraction of sp³-hybridized carbons (Fsp3) is 0.529. The largest absolute Gasteiger partial charge is 0.480 e. The van der Waals surface area contributed by atoms with Crippen LogP contribution >= 0.6 is 0 Å².